The van der Waals surface area contributed by atoms with E-state index in [1.54, 1.807) is 34.6 Å². The Hall–Kier alpha value is -2.51. The minimum absolute atomic E-state index is 0.121. The second-order valence-electron chi connectivity index (χ2n) is 7.07. The van der Waals surface area contributed by atoms with Crippen molar-refractivity contribution in [3.05, 3.63) is 68.4 Å². The van der Waals surface area contributed by atoms with Gasteiger partial charge >= 0.3 is 0 Å². The molecule has 3 aromatic heterocycles. The molecule has 0 unspecified atom stereocenters. The van der Waals surface area contributed by atoms with E-state index >= 15 is 0 Å². The third kappa shape index (κ3) is 2.61. The first kappa shape index (κ1) is 16.6. The summed E-state index contributed by atoms with van der Waals surface area (Å²) in [6.45, 7) is 1.88. The maximum atomic E-state index is 13.0. The molecular formula is C20H19N3O3S. The van der Waals surface area contributed by atoms with Crippen LogP contribution in [0.4, 0.5) is 0 Å². The van der Waals surface area contributed by atoms with Gasteiger partial charge in [0.15, 0.2) is 0 Å². The predicted molar refractivity (Wildman–Crippen MR) is 102 cm³/mol. The summed E-state index contributed by atoms with van der Waals surface area (Å²) in [7, 11) is 0. The number of hydrogen-bond acceptors (Lipinski definition) is 5. The average Bonchev–Trinajstić information content (AvgIpc) is 3.19. The lowest BCUT2D eigenvalue weighted by molar-refractivity contribution is -0.0906. The molecule has 2 aliphatic rings. The minimum Gasteiger partial charge on any atom is -0.369 e. The molecule has 1 fully saturated rings. The number of amides is 1. The van der Waals surface area contributed by atoms with Gasteiger partial charge in [-0.3, -0.25) is 14.0 Å². The number of pyridine rings is 1. The SMILES string of the molecule is O=C(c1cnc2ccccn2c1=O)N1CCC2(CC1)OCCc1ccsc12. The second kappa shape index (κ2) is 6.28. The van der Waals surface area contributed by atoms with Crippen LogP contribution in [0.25, 0.3) is 5.65 Å². The zero-order chi connectivity index (χ0) is 18.4. The zero-order valence-corrected chi connectivity index (χ0v) is 15.6. The first-order valence-corrected chi connectivity index (χ1v) is 10.0. The van der Waals surface area contributed by atoms with Crippen LogP contribution in [-0.2, 0) is 16.8 Å². The molecule has 0 N–H and O–H groups in total. The number of rotatable bonds is 1. The van der Waals surface area contributed by atoms with Crippen molar-refractivity contribution in [2.45, 2.75) is 24.9 Å². The van der Waals surface area contributed by atoms with Crippen molar-refractivity contribution in [1.29, 1.82) is 0 Å². The summed E-state index contributed by atoms with van der Waals surface area (Å²) in [5.41, 5.74) is 1.45. The van der Waals surface area contributed by atoms with Gasteiger partial charge in [-0.15, -0.1) is 11.3 Å². The zero-order valence-electron chi connectivity index (χ0n) is 14.8. The summed E-state index contributed by atoms with van der Waals surface area (Å²) in [5.74, 6) is -0.247. The third-order valence-corrected chi connectivity index (χ3v) is 6.75. The van der Waals surface area contributed by atoms with Gasteiger partial charge in [0.2, 0.25) is 0 Å². The van der Waals surface area contributed by atoms with E-state index in [0.29, 0.717) is 18.7 Å². The van der Waals surface area contributed by atoms with Gasteiger partial charge in [0.05, 0.1) is 6.61 Å². The molecule has 0 aromatic carbocycles. The van der Waals surface area contributed by atoms with E-state index < -0.39 is 0 Å². The molecule has 6 nitrogen and oxygen atoms in total. The molecule has 138 valence electrons. The number of carbonyl (C=O) groups excluding carboxylic acids is 1. The topological polar surface area (TPSA) is 63.9 Å². The third-order valence-electron chi connectivity index (χ3n) is 5.61. The maximum absolute atomic E-state index is 13.0. The number of piperidine rings is 1. The first-order chi connectivity index (χ1) is 13.2. The lowest BCUT2D eigenvalue weighted by Crippen LogP contribution is -2.48. The predicted octanol–water partition coefficient (Wildman–Crippen LogP) is 2.46. The highest BCUT2D eigenvalue weighted by Gasteiger charge is 2.42. The van der Waals surface area contributed by atoms with Gasteiger partial charge in [-0.05, 0) is 48.4 Å². The number of thiophene rings is 1. The van der Waals surface area contributed by atoms with E-state index in [1.807, 2.05) is 6.07 Å². The van der Waals surface area contributed by atoms with Crippen molar-refractivity contribution in [3.8, 4) is 0 Å². The second-order valence-corrected chi connectivity index (χ2v) is 7.98. The summed E-state index contributed by atoms with van der Waals surface area (Å²) in [5, 5.41) is 2.13. The van der Waals surface area contributed by atoms with Gasteiger partial charge in [-0.2, -0.15) is 0 Å². The fourth-order valence-corrected chi connectivity index (χ4v) is 5.31. The van der Waals surface area contributed by atoms with Crippen molar-refractivity contribution in [2.75, 3.05) is 19.7 Å². The molecule has 0 aliphatic carbocycles. The molecule has 5 heterocycles. The molecule has 1 spiro atoms. The average molecular weight is 381 g/mol. The Bertz CT molecular complexity index is 1080. The highest BCUT2D eigenvalue weighted by molar-refractivity contribution is 7.10. The van der Waals surface area contributed by atoms with E-state index in [0.717, 1.165) is 25.9 Å². The van der Waals surface area contributed by atoms with Crippen LogP contribution in [0.2, 0.25) is 0 Å². The van der Waals surface area contributed by atoms with Gasteiger partial charge in [0.25, 0.3) is 11.5 Å². The fraction of sp³-hybridized carbons (Fsp3) is 0.350. The van der Waals surface area contributed by atoms with Gasteiger partial charge in [0, 0.05) is 30.4 Å². The van der Waals surface area contributed by atoms with E-state index in [-0.39, 0.29) is 22.6 Å². The molecule has 3 aromatic rings. The highest BCUT2D eigenvalue weighted by atomic mass is 32.1. The van der Waals surface area contributed by atoms with Crippen molar-refractivity contribution in [2.24, 2.45) is 0 Å². The van der Waals surface area contributed by atoms with Crippen molar-refractivity contribution >= 4 is 22.9 Å². The number of nitrogens with zero attached hydrogens (tertiary/aromatic N) is 3. The molecule has 2 aliphatic heterocycles. The smallest absolute Gasteiger partial charge is 0.270 e. The Morgan fingerprint density at radius 3 is 2.93 bits per heavy atom. The number of carbonyl (C=O) groups is 1. The molecule has 1 saturated heterocycles. The summed E-state index contributed by atoms with van der Waals surface area (Å²) < 4.78 is 7.62. The first-order valence-electron chi connectivity index (χ1n) is 9.14. The van der Waals surface area contributed by atoms with E-state index in [1.165, 1.54) is 21.0 Å². The molecule has 27 heavy (non-hydrogen) atoms. The van der Waals surface area contributed by atoms with Gasteiger partial charge in [-0.1, -0.05) is 6.07 Å². The number of fused-ring (bicyclic) bond motifs is 3. The molecule has 0 saturated carbocycles. The van der Waals surface area contributed by atoms with Gasteiger partial charge < -0.3 is 9.64 Å². The standard InChI is InChI=1S/C20H19N3O3S/c24-18(15-13-21-16-3-1-2-8-23(16)19(15)25)22-9-6-20(7-10-22)17-14(4-11-26-20)5-12-27-17/h1-3,5,8,12-13H,4,6-7,9-11H2. The molecule has 0 bridgehead atoms. The summed E-state index contributed by atoms with van der Waals surface area (Å²) >= 11 is 1.75. The lowest BCUT2D eigenvalue weighted by atomic mass is 9.85. The van der Waals surface area contributed by atoms with E-state index in [9.17, 15) is 9.59 Å². The number of likely N-dealkylation sites (tertiary alicyclic amines) is 1. The van der Waals surface area contributed by atoms with Crippen molar-refractivity contribution < 1.29 is 9.53 Å². The highest BCUT2D eigenvalue weighted by Crippen LogP contribution is 2.44. The summed E-state index contributed by atoms with van der Waals surface area (Å²) in [4.78, 5) is 33.0. The Labute approximate surface area is 160 Å². The van der Waals surface area contributed by atoms with Gasteiger partial charge in [-0.25, -0.2) is 4.98 Å². The summed E-state index contributed by atoms with van der Waals surface area (Å²) in [6.07, 6.45) is 5.52. The van der Waals surface area contributed by atoms with E-state index in [4.69, 9.17) is 4.74 Å². The van der Waals surface area contributed by atoms with Crippen LogP contribution in [0.15, 0.2) is 46.8 Å². The van der Waals surface area contributed by atoms with Crippen molar-refractivity contribution in [1.82, 2.24) is 14.3 Å². The molecule has 0 radical (unpaired) electrons. The van der Waals surface area contributed by atoms with Crippen molar-refractivity contribution in [3.63, 3.8) is 0 Å². The van der Waals surface area contributed by atoms with Crippen LogP contribution in [0, 0.1) is 0 Å². The normalized spacial score (nSPS) is 18.6. The van der Waals surface area contributed by atoms with Gasteiger partial charge in [0.1, 0.15) is 16.8 Å². The Kier molecular flexibility index (Phi) is 3.87. The van der Waals surface area contributed by atoms with Crippen LogP contribution in [0.1, 0.15) is 33.6 Å². The quantitative estimate of drug-likeness (QED) is 0.650. The Balaban J connectivity index is 1.40. The monoisotopic (exact) mass is 381 g/mol. The maximum Gasteiger partial charge on any atom is 0.270 e. The molecule has 7 heteroatoms. The van der Waals surface area contributed by atoms with Crippen LogP contribution < -0.4 is 5.56 Å². The van der Waals surface area contributed by atoms with E-state index in [2.05, 4.69) is 16.4 Å². The molecule has 5 rings (SSSR count). The Morgan fingerprint density at radius 2 is 2.07 bits per heavy atom. The lowest BCUT2D eigenvalue weighted by Gasteiger charge is -2.43. The largest absolute Gasteiger partial charge is 0.369 e. The molecular weight excluding hydrogens is 362 g/mol. The van der Waals surface area contributed by atoms with Crippen LogP contribution in [-0.4, -0.2) is 39.9 Å². The number of aromatic nitrogens is 2. The van der Waals surface area contributed by atoms with Crippen LogP contribution >= 0.6 is 11.3 Å². The minimum atomic E-state index is -0.319. The molecule has 0 atom stereocenters. The number of hydrogen-bond donors (Lipinski definition) is 0. The van der Waals surface area contributed by atoms with Crippen LogP contribution in [0.3, 0.4) is 0 Å². The summed E-state index contributed by atoms with van der Waals surface area (Å²) in [6, 6.07) is 7.51. The van der Waals surface area contributed by atoms with Crippen LogP contribution in [0.5, 0.6) is 0 Å². The molecule has 1 amide bonds. The number of ether oxygens (including phenoxy) is 1. The Morgan fingerprint density at radius 1 is 1.22 bits per heavy atom. The fourth-order valence-electron chi connectivity index (χ4n) is 4.14.